The molecule has 0 saturated carbocycles. The summed E-state index contributed by atoms with van der Waals surface area (Å²) in [6, 6.07) is 11.4. The fourth-order valence-corrected chi connectivity index (χ4v) is 5.48. The lowest BCUT2D eigenvalue weighted by atomic mass is 10.2. The second kappa shape index (κ2) is 8.87. The standard InChI is InChI=1S/C21H30N6O2S/c1-18-22-20(25-10-8-24(2)9-11-25)16-21(23-18)26-12-14-27(15-13-26)30(28,29)17-19-6-4-3-5-7-19/h3-7,16H,8-15,17H2,1-2H3. The van der Waals surface area contributed by atoms with E-state index < -0.39 is 10.0 Å². The molecule has 2 aliphatic rings. The van der Waals surface area contributed by atoms with Crippen molar-refractivity contribution in [3.8, 4) is 0 Å². The summed E-state index contributed by atoms with van der Waals surface area (Å²) in [4.78, 5) is 16.1. The molecule has 0 bridgehead atoms. The first kappa shape index (κ1) is 21.0. The number of piperazine rings is 2. The first-order valence-electron chi connectivity index (χ1n) is 10.5. The van der Waals surface area contributed by atoms with Crippen molar-refractivity contribution in [2.45, 2.75) is 12.7 Å². The lowest BCUT2D eigenvalue weighted by molar-refractivity contribution is 0.312. The fourth-order valence-electron chi connectivity index (χ4n) is 3.97. The van der Waals surface area contributed by atoms with Gasteiger partial charge in [-0.25, -0.2) is 18.4 Å². The highest BCUT2D eigenvalue weighted by Crippen LogP contribution is 2.22. The minimum Gasteiger partial charge on any atom is -0.354 e. The molecule has 0 aliphatic carbocycles. The van der Waals surface area contributed by atoms with Crippen LogP contribution in [0.2, 0.25) is 0 Å². The Morgan fingerprint density at radius 2 is 1.37 bits per heavy atom. The number of benzene rings is 1. The predicted octanol–water partition coefficient (Wildman–Crippen LogP) is 1.19. The molecular formula is C21H30N6O2S. The van der Waals surface area contributed by atoms with Crippen molar-refractivity contribution < 1.29 is 8.42 Å². The van der Waals surface area contributed by atoms with Gasteiger partial charge in [-0.15, -0.1) is 0 Å². The van der Waals surface area contributed by atoms with Gasteiger partial charge in [0.05, 0.1) is 5.75 Å². The van der Waals surface area contributed by atoms with Gasteiger partial charge in [0, 0.05) is 58.4 Å². The van der Waals surface area contributed by atoms with Crippen molar-refractivity contribution in [1.82, 2.24) is 19.2 Å². The Kier molecular flexibility index (Phi) is 6.21. The van der Waals surface area contributed by atoms with Crippen LogP contribution >= 0.6 is 0 Å². The number of hydrogen-bond donors (Lipinski definition) is 0. The highest BCUT2D eigenvalue weighted by Gasteiger charge is 2.28. The first-order chi connectivity index (χ1) is 14.4. The molecule has 0 radical (unpaired) electrons. The number of hydrogen-bond acceptors (Lipinski definition) is 7. The number of nitrogens with zero attached hydrogens (tertiary/aromatic N) is 6. The summed E-state index contributed by atoms with van der Waals surface area (Å²) in [5.41, 5.74) is 0.822. The van der Waals surface area contributed by atoms with Crippen LogP contribution in [0.25, 0.3) is 0 Å². The lowest BCUT2D eigenvalue weighted by Crippen LogP contribution is -2.49. The molecule has 1 aromatic carbocycles. The van der Waals surface area contributed by atoms with Gasteiger partial charge in [0.2, 0.25) is 10.0 Å². The zero-order valence-electron chi connectivity index (χ0n) is 17.7. The Morgan fingerprint density at radius 3 is 1.93 bits per heavy atom. The monoisotopic (exact) mass is 430 g/mol. The molecule has 9 heteroatoms. The molecule has 0 amide bonds. The Balaban J connectivity index is 1.41. The third-order valence-electron chi connectivity index (χ3n) is 5.79. The maximum atomic E-state index is 12.8. The Hall–Kier alpha value is -2.23. The molecule has 8 nitrogen and oxygen atoms in total. The van der Waals surface area contributed by atoms with E-state index in [2.05, 4.69) is 31.7 Å². The molecule has 2 fully saturated rings. The van der Waals surface area contributed by atoms with Gasteiger partial charge in [-0.3, -0.25) is 0 Å². The van der Waals surface area contributed by atoms with E-state index in [1.54, 1.807) is 4.31 Å². The molecule has 162 valence electrons. The summed E-state index contributed by atoms with van der Waals surface area (Å²) < 4.78 is 27.2. The smallest absolute Gasteiger partial charge is 0.218 e. The van der Waals surface area contributed by atoms with Crippen LogP contribution < -0.4 is 9.80 Å². The van der Waals surface area contributed by atoms with E-state index >= 15 is 0 Å². The number of anilines is 2. The van der Waals surface area contributed by atoms with E-state index in [0.29, 0.717) is 26.2 Å². The van der Waals surface area contributed by atoms with E-state index in [1.165, 1.54) is 0 Å². The van der Waals surface area contributed by atoms with Gasteiger partial charge in [0.15, 0.2) is 0 Å². The minimum atomic E-state index is -3.32. The summed E-state index contributed by atoms with van der Waals surface area (Å²) in [6.07, 6.45) is 0. The summed E-state index contributed by atoms with van der Waals surface area (Å²) in [5.74, 6) is 2.65. The summed E-state index contributed by atoms with van der Waals surface area (Å²) in [6.45, 7) is 8.09. The van der Waals surface area contributed by atoms with Crippen LogP contribution in [-0.4, -0.2) is 87.0 Å². The Bertz CT molecular complexity index is 953. The number of sulfonamides is 1. The first-order valence-corrected chi connectivity index (χ1v) is 12.1. The summed E-state index contributed by atoms with van der Waals surface area (Å²) in [5, 5.41) is 0. The Labute approximate surface area is 179 Å². The van der Waals surface area contributed by atoms with Crippen LogP contribution in [0.3, 0.4) is 0 Å². The molecular weight excluding hydrogens is 400 g/mol. The normalized spacial score (nSPS) is 19.3. The van der Waals surface area contributed by atoms with E-state index in [1.807, 2.05) is 43.3 Å². The van der Waals surface area contributed by atoms with E-state index in [9.17, 15) is 8.42 Å². The van der Waals surface area contributed by atoms with Gasteiger partial charge in [-0.1, -0.05) is 30.3 Å². The van der Waals surface area contributed by atoms with Crippen molar-refractivity contribution in [2.24, 2.45) is 0 Å². The second-order valence-electron chi connectivity index (χ2n) is 8.05. The van der Waals surface area contributed by atoms with Crippen molar-refractivity contribution in [3.63, 3.8) is 0 Å². The van der Waals surface area contributed by atoms with E-state index in [0.717, 1.165) is 49.2 Å². The predicted molar refractivity (Wildman–Crippen MR) is 119 cm³/mol. The molecule has 0 spiro atoms. The maximum absolute atomic E-state index is 12.8. The van der Waals surface area contributed by atoms with Gasteiger partial charge < -0.3 is 14.7 Å². The van der Waals surface area contributed by atoms with Gasteiger partial charge in [-0.05, 0) is 19.5 Å². The van der Waals surface area contributed by atoms with Crippen molar-refractivity contribution >= 4 is 21.7 Å². The van der Waals surface area contributed by atoms with Crippen molar-refractivity contribution in [3.05, 3.63) is 47.8 Å². The number of aryl methyl sites for hydroxylation is 1. The molecule has 1 aromatic heterocycles. The molecule has 3 heterocycles. The fraction of sp³-hybridized carbons (Fsp3) is 0.524. The van der Waals surface area contributed by atoms with Crippen molar-refractivity contribution in [2.75, 3.05) is 69.2 Å². The molecule has 30 heavy (non-hydrogen) atoms. The van der Waals surface area contributed by atoms with Crippen LogP contribution in [0.4, 0.5) is 11.6 Å². The third kappa shape index (κ3) is 4.91. The largest absolute Gasteiger partial charge is 0.354 e. The van der Waals surface area contributed by atoms with Crippen LogP contribution in [0.5, 0.6) is 0 Å². The SMILES string of the molecule is Cc1nc(N2CCN(C)CC2)cc(N2CCN(S(=O)(=O)Cc3ccccc3)CC2)n1. The Morgan fingerprint density at radius 1 is 0.833 bits per heavy atom. The zero-order chi connectivity index (χ0) is 21.1. The average Bonchev–Trinajstić information content (AvgIpc) is 2.74. The number of likely N-dealkylation sites (N-methyl/N-ethyl adjacent to an activating group) is 1. The maximum Gasteiger partial charge on any atom is 0.218 e. The van der Waals surface area contributed by atoms with E-state index in [4.69, 9.17) is 0 Å². The van der Waals surface area contributed by atoms with Crippen LogP contribution in [-0.2, 0) is 15.8 Å². The molecule has 0 unspecified atom stereocenters. The molecule has 0 atom stereocenters. The number of rotatable bonds is 5. The zero-order valence-corrected chi connectivity index (χ0v) is 18.6. The quantitative estimate of drug-likeness (QED) is 0.705. The second-order valence-corrected chi connectivity index (χ2v) is 10.0. The molecule has 0 N–H and O–H groups in total. The van der Waals surface area contributed by atoms with Crippen LogP contribution in [0.1, 0.15) is 11.4 Å². The highest BCUT2D eigenvalue weighted by molar-refractivity contribution is 7.88. The topological polar surface area (TPSA) is 72.9 Å². The highest BCUT2D eigenvalue weighted by atomic mass is 32.2. The molecule has 2 aromatic rings. The van der Waals surface area contributed by atoms with Crippen LogP contribution in [0, 0.1) is 6.92 Å². The number of aromatic nitrogens is 2. The minimum absolute atomic E-state index is 0.0496. The summed E-state index contributed by atoms with van der Waals surface area (Å²) >= 11 is 0. The van der Waals surface area contributed by atoms with Gasteiger partial charge in [-0.2, -0.15) is 4.31 Å². The molecule has 4 rings (SSSR count). The van der Waals surface area contributed by atoms with Gasteiger partial charge in [0.25, 0.3) is 0 Å². The van der Waals surface area contributed by atoms with E-state index in [-0.39, 0.29) is 5.75 Å². The van der Waals surface area contributed by atoms with Gasteiger partial charge in [0.1, 0.15) is 17.5 Å². The van der Waals surface area contributed by atoms with Gasteiger partial charge >= 0.3 is 0 Å². The lowest BCUT2D eigenvalue weighted by Gasteiger charge is -2.36. The molecule has 2 aliphatic heterocycles. The average molecular weight is 431 g/mol. The molecule has 2 saturated heterocycles. The van der Waals surface area contributed by atoms with Crippen LogP contribution in [0.15, 0.2) is 36.4 Å². The summed E-state index contributed by atoms with van der Waals surface area (Å²) in [7, 11) is -1.18. The van der Waals surface area contributed by atoms with Crippen molar-refractivity contribution in [1.29, 1.82) is 0 Å². The third-order valence-corrected chi connectivity index (χ3v) is 7.64.